The van der Waals surface area contributed by atoms with Crippen LogP contribution in [0, 0.1) is 6.92 Å². The van der Waals surface area contributed by atoms with Crippen LogP contribution in [-0.2, 0) is 13.0 Å². The standard InChI is InChI=1S/C29H36N4/c1-4-32(5-2)19-12-18-30-22-25-21-27-26-16-9-10-17-28(26)33(29(27)23(3)31-25)20-11-15-24-13-7-6-8-14-24/h6-10,13-14,16-17,21-22H,4-5,11-12,15,18-20H2,1-3H3. The summed E-state index contributed by atoms with van der Waals surface area (Å²) >= 11 is 0. The van der Waals surface area contributed by atoms with Crippen LogP contribution in [0.1, 0.15) is 43.6 Å². The van der Waals surface area contributed by atoms with E-state index >= 15 is 0 Å². The lowest BCUT2D eigenvalue weighted by Gasteiger charge is -2.16. The summed E-state index contributed by atoms with van der Waals surface area (Å²) in [6.45, 7) is 11.7. The van der Waals surface area contributed by atoms with Gasteiger partial charge < -0.3 is 9.47 Å². The van der Waals surface area contributed by atoms with Gasteiger partial charge in [0.2, 0.25) is 0 Å². The maximum absolute atomic E-state index is 4.91. The highest BCUT2D eigenvalue weighted by Gasteiger charge is 2.14. The largest absolute Gasteiger partial charge is 0.339 e. The van der Waals surface area contributed by atoms with E-state index in [1.165, 1.54) is 27.4 Å². The summed E-state index contributed by atoms with van der Waals surface area (Å²) in [4.78, 5) is 12.0. The molecule has 0 bridgehead atoms. The molecule has 2 heterocycles. The number of para-hydroxylation sites is 1. The molecule has 0 saturated carbocycles. The van der Waals surface area contributed by atoms with E-state index in [1.807, 2.05) is 6.21 Å². The van der Waals surface area contributed by atoms with Gasteiger partial charge in [0.1, 0.15) is 0 Å². The molecule has 0 spiro atoms. The monoisotopic (exact) mass is 440 g/mol. The smallest absolute Gasteiger partial charge is 0.0818 e. The summed E-state index contributed by atoms with van der Waals surface area (Å²) in [6, 6.07) is 21.7. The first-order chi connectivity index (χ1) is 16.2. The van der Waals surface area contributed by atoms with Gasteiger partial charge in [0, 0.05) is 35.6 Å². The number of fused-ring (bicyclic) bond motifs is 3. The third-order valence-corrected chi connectivity index (χ3v) is 6.51. The molecule has 2 aromatic carbocycles. The van der Waals surface area contributed by atoms with Crippen molar-refractivity contribution in [1.29, 1.82) is 0 Å². The van der Waals surface area contributed by atoms with Gasteiger partial charge in [0.15, 0.2) is 0 Å². The molecule has 0 aliphatic heterocycles. The third-order valence-electron chi connectivity index (χ3n) is 6.51. The fourth-order valence-corrected chi connectivity index (χ4v) is 4.76. The molecule has 0 N–H and O–H groups in total. The van der Waals surface area contributed by atoms with E-state index in [-0.39, 0.29) is 0 Å². The van der Waals surface area contributed by atoms with Gasteiger partial charge in [0.05, 0.1) is 16.9 Å². The molecular weight excluding hydrogens is 404 g/mol. The lowest BCUT2D eigenvalue weighted by atomic mass is 10.1. The molecule has 4 aromatic rings. The predicted octanol–water partition coefficient (Wildman–Crippen LogP) is 6.28. The van der Waals surface area contributed by atoms with Crippen LogP contribution in [0.5, 0.6) is 0 Å². The van der Waals surface area contributed by atoms with E-state index in [0.717, 1.165) is 63.4 Å². The molecule has 0 aliphatic rings. The number of aryl methyl sites for hydroxylation is 3. The summed E-state index contributed by atoms with van der Waals surface area (Å²) in [6.07, 6.45) is 5.23. The number of hydrogen-bond donors (Lipinski definition) is 0. The van der Waals surface area contributed by atoms with Crippen LogP contribution in [-0.4, -0.2) is 46.8 Å². The molecule has 33 heavy (non-hydrogen) atoms. The summed E-state index contributed by atoms with van der Waals surface area (Å²) in [5.41, 5.74) is 5.97. The molecule has 0 aliphatic carbocycles. The summed E-state index contributed by atoms with van der Waals surface area (Å²) < 4.78 is 2.46. The molecule has 2 aromatic heterocycles. The van der Waals surface area contributed by atoms with Crippen molar-refractivity contribution in [3.05, 3.63) is 77.6 Å². The Morgan fingerprint density at radius 1 is 0.939 bits per heavy atom. The van der Waals surface area contributed by atoms with Crippen LogP contribution in [0.3, 0.4) is 0 Å². The number of benzene rings is 2. The van der Waals surface area contributed by atoms with Gasteiger partial charge in [-0.15, -0.1) is 0 Å². The molecule has 0 saturated heterocycles. The molecule has 4 rings (SSSR count). The number of aromatic nitrogens is 2. The Labute approximate surface area is 198 Å². The number of pyridine rings is 1. The second-order valence-corrected chi connectivity index (χ2v) is 8.70. The first kappa shape index (κ1) is 23.2. The second-order valence-electron chi connectivity index (χ2n) is 8.70. The zero-order chi connectivity index (χ0) is 23.0. The van der Waals surface area contributed by atoms with Crippen molar-refractivity contribution in [3.8, 4) is 0 Å². The summed E-state index contributed by atoms with van der Waals surface area (Å²) in [5, 5.41) is 2.58. The van der Waals surface area contributed by atoms with Crippen molar-refractivity contribution in [2.24, 2.45) is 4.99 Å². The Kier molecular flexibility index (Phi) is 7.90. The Bertz CT molecular complexity index is 1200. The van der Waals surface area contributed by atoms with Gasteiger partial charge >= 0.3 is 0 Å². The van der Waals surface area contributed by atoms with E-state index in [0.29, 0.717) is 0 Å². The molecule has 4 nitrogen and oxygen atoms in total. The van der Waals surface area contributed by atoms with Crippen molar-refractivity contribution in [3.63, 3.8) is 0 Å². The quantitative estimate of drug-likeness (QED) is 0.203. The lowest BCUT2D eigenvalue weighted by Crippen LogP contribution is -2.24. The van der Waals surface area contributed by atoms with E-state index in [2.05, 4.69) is 95.9 Å². The molecule has 0 amide bonds. The molecule has 172 valence electrons. The predicted molar refractivity (Wildman–Crippen MR) is 142 cm³/mol. The number of aliphatic imine (C=N–C) groups is 1. The SMILES string of the molecule is CCN(CC)CCCN=Cc1cc2c3ccccc3n(CCCc3ccccc3)c2c(C)n1. The highest BCUT2D eigenvalue weighted by molar-refractivity contribution is 6.09. The van der Waals surface area contributed by atoms with Crippen LogP contribution in [0.15, 0.2) is 65.7 Å². The molecule has 0 fully saturated rings. The fraction of sp³-hybridized carbons (Fsp3) is 0.379. The first-order valence-electron chi connectivity index (χ1n) is 12.4. The van der Waals surface area contributed by atoms with E-state index in [4.69, 9.17) is 4.98 Å². The van der Waals surface area contributed by atoms with E-state index in [9.17, 15) is 0 Å². The Morgan fingerprint density at radius 2 is 1.70 bits per heavy atom. The molecule has 0 radical (unpaired) electrons. The zero-order valence-electron chi connectivity index (χ0n) is 20.3. The van der Waals surface area contributed by atoms with Gasteiger partial charge in [-0.3, -0.25) is 4.99 Å². The number of rotatable bonds is 11. The van der Waals surface area contributed by atoms with Crippen molar-refractivity contribution < 1.29 is 0 Å². The van der Waals surface area contributed by atoms with Gasteiger partial charge in [-0.05, 0) is 63.5 Å². The van der Waals surface area contributed by atoms with Crippen molar-refractivity contribution >= 4 is 28.0 Å². The van der Waals surface area contributed by atoms with Crippen molar-refractivity contribution in [2.45, 2.75) is 46.6 Å². The second kappa shape index (κ2) is 11.2. The minimum Gasteiger partial charge on any atom is -0.339 e. The summed E-state index contributed by atoms with van der Waals surface area (Å²) in [7, 11) is 0. The maximum Gasteiger partial charge on any atom is 0.0818 e. The molecule has 0 unspecified atom stereocenters. The topological polar surface area (TPSA) is 33.4 Å². The third kappa shape index (κ3) is 5.51. The molecule has 4 heteroatoms. The van der Waals surface area contributed by atoms with E-state index < -0.39 is 0 Å². The summed E-state index contributed by atoms with van der Waals surface area (Å²) in [5.74, 6) is 0. The average molecular weight is 441 g/mol. The zero-order valence-corrected chi connectivity index (χ0v) is 20.3. The normalized spacial score (nSPS) is 12.0. The number of nitrogens with zero attached hydrogens (tertiary/aromatic N) is 4. The Morgan fingerprint density at radius 3 is 2.48 bits per heavy atom. The maximum atomic E-state index is 4.91. The fourth-order valence-electron chi connectivity index (χ4n) is 4.76. The Hall–Kier alpha value is -2.98. The van der Waals surface area contributed by atoms with Crippen LogP contribution < -0.4 is 0 Å². The Balaban J connectivity index is 1.55. The van der Waals surface area contributed by atoms with Crippen LogP contribution >= 0.6 is 0 Å². The van der Waals surface area contributed by atoms with Gasteiger partial charge in [-0.2, -0.15) is 0 Å². The van der Waals surface area contributed by atoms with Gasteiger partial charge in [-0.1, -0.05) is 62.4 Å². The van der Waals surface area contributed by atoms with Gasteiger partial charge in [0.25, 0.3) is 0 Å². The lowest BCUT2D eigenvalue weighted by molar-refractivity contribution is 0.302. The number of hydrogen-bond acceptors (Lipinski definition) is 3. The van der Waals surface area contributed by atoms with Crippen LogP contribution in [0.25, 0.3) is 21.8 Å². The minimum absolute atomic E-state index is 0.844. The molecular formula is C29H36N4. The van der Waals surface area contributed by atoms with E-state index in [1.54, 1.807) is 0 Å². The highest BCUT2D eigenvalue weighted by atomic mass is 15.1. The van der Waals surface area contributed by atoms with Crippen molar-refractivity contribution in [1.82, 2.24) is 14.5 Å². The highest BCUT2D eigenvalue weighted by Crippen LogP contribution is 2.31. The first-order valence-corrected chi connectivity index (χ1v) is 12.4. The molecule has 0 atom stereocenters. The van der Waals surface area contributed by atoms with Crippen molar-refractivity contribution in [2.75, 3.05) is 26.2 Å². The van der Waals surface area contributed by atoms with Crippen LogP contribution in [0.2, 0.25) is 0 Å². The van der Waals surface area contributed by atoms with Crippen LogP contribution in [0.4, 0.5) is 0 Å². The minimum atomic E-state index is 0.844. The van der Waals surface area contributed by atoms with Gasteiger partial charge in [-0.25, -0.2) is 4.98 Å². The average Bonchev–Trinajstić information content (AvgIpc) is 3.16.